The fourth-order valence-electron chi connectivity index (χ4n) is 2.77. The van der Waals surface area contributed by atoms with Crippen LogP contribution in [0.3, 0.4) is 0 Å². The second-order valence-electron chi connectivity index (χ2n) is 5.89. The van der Waals surface area contributed by atoms with Gasteiger partial charge in [0.15, 0.2) is 5.60 Å². The highest BCUT2D eigenvalue weighted by atomic mass is 19.3. The Morgan fingerprint density at radius 1 is 1.68 bits per heavy atom. The maximum atomic E-state index is 13.8. The number of carbonyl (C=O) groups is 1. The molecular formula is C14H22F2N2O4. The van der Waals surface area contributed by atoms with Gasteiger partial charge in [0, 0.05) is 6.54 Å². The smallest absolute Gasteiger partial charge is 0.338 e. The molecule has 2 rings (SSSR count). The Balaban J connectivity index is 1.81. The summed E-state index contributed by atoms with van der Waals surface area (Å²) < 4.78 is 32.3. The Morgan fingerprint density at radius 3 is 3.09 bits per heavy atom. The van der Waals surface area contributed by atoms with Crippen molar-refractivity contribution in [2.24, 2.45) is 0 Å². The molecule has 0 aromatic heterocycles. The van der Waals surface area contributed by atoms with Gasteiger partial charge in [-0.3, -0.25) is 4.84 Å². The van der Waals surface area contributed by atoms with Crippen molar-refractivity contribution < 1.29 is 28.3 Å². The molecule has 0 saturated carbocycles. The quantitative estimate of drug-likeness (QED) is 0.525. The van der Waals surface area contributed by atoms with Gasteiger partial charge in [-0.1, -0.05) is 12.7 Å². The van der Waals surface area contributed by atoms with Crippen LogP contribution in [0.15, 0.2) is 12.7 Å². The van der Waals surface area contributed by atoms with Crippen LogP contribution < -0.4 is 5.32 Å². The third-order valence-corrected chi connectivity index (χ3v) is 3.96. The van der Waals surface area contributed by atoms with Crippen LogP contribution in [0.25, 0.3) is 0 Å². The summed E-state index contributed by atoms with van der Waals surface area (Å²) in [5.74, 6) is -3.59. The summed E-state index contributed by atoms with van der Waals surface area (Å²) >= 11 is 0. The minimum atomic E-state index is -2.84. The second kappa shape index (κ2) is 6.57. The lowest BCUT2D eigenvalue weighted by Crippen LogP contribution is -2.45. The summed E-state index contributed by atoms with van der Waals surface area (Å²) in [4.78, 5) is 16.9. The van der Waals surface area contributed by atoms with Crippen LogP contribution in [-0.4, -0.2) is 66.0 Å². The number of rotatable bonds is 7. The molecule has 2 fully saturated rings. The van der Waals surface area contributed by atoms with Crippen LogP contribution in [0.5, 0.6) is 0 Å². The molecule has 0 aromatic rings. The van der Waals surface area contributed by atoms with E-state index in [1.54, 1.807) is 0 Å². The molecule has 0 aliphatic carbocycles. The number of nitrogens with zero attached hydrogens (tertiary/aromatic N) is 1. The normalized spacial score (nSPS) is 29.8. The lowest BCUT2D eigenvalue weighted by molar-refractivity contribution is -0.183. The Hall–Kier alpha value is -1.09. The van der Waals surface area contributed by atoms with Gasteiger partial charge in [0.05, 0.1) is 19.2 Å². The second-order valence-corrected chi connectivity index (χ2v) is 5.89. The van der Waals surface area contributed by atoms with E-state index in [9.17, 15) is 18.7 Å². The molecule has 2 saturated heterocycles. The maximum absolute atomic E-state index is 13.8. The largest absolute Gasteiger partial charge is 0.459 e. The molecule has 0 bridgehead atoms. The first kappa shape index (κ1) is 17.3. The van der Waals surface area contributed by atoms with Gasteiger partial charge in [-0.05, 0) is 19.8 Å². The third-order valence-electron chi connectivity index (χ3n) is 3.96. The fraction of sp³-hybridized carbons (Fsp3) is 0.786. The van der Waals surface area contributed by atoms with Gasteiger partial charge in [-0.2, -0.15) is 5.06 Å². The number of ether oxygens (including phenoxy) is 1. The average molecular weight is 320 g/mol. The Bertz CT molecular complexity index is 431. The summed E-state index contributed by atoms with van der Waals surface area (Å²) in [5, 5.41) is 14.0. The molecule has 0 radical (unpaired) electrons. The van der Waals surface area contributed by atoms with Crippen molar-refractivity contribution >= 4 is 5.97 Å². The van der Waals surface area contributed by atoms with E-state index < -0.39 is 23.5 Å². The number of halogens is 2. The molecule has 126 valence electrons. The minimum absolute atomic E-state index is 0.0197. The van der Waals surface area contributed by atoms with Crippen molar-refractivity contribution in [3.63, 3.8) is 0 Å². The van der Waals surface area contributed by atoms with Crippen molar-refractivity contribution in [2.45, 2.75) is 43.4 Å². The van der Waals surface area contributed by atoms with Crippen molar-refractivity contribution in [2.75, 3.05) is 26.3 Å². The van der Waals surface area contributed by atoms with E-state index in [1.165, 1.54) is 18.1 Å². The van der Waals surface area contributed by atoms with Gasteiger partial charge in [-0.15, -0.1) is 0 Å². The summed E-state index contributed by atoms with van der Waals surface area (Å²) in [5.41, 5.74) is -1.65. The van der Waals surface area contributed by atoms with Gasteiger partial charge in [-0.25, -0.2) is 13.6 Å². The van der Waals surface area contributed by atoms with E-state index in [4.69, 9.17) is 9.57 Å². The first-order valence-corrected chi connectivity index (χ1v) is 7.29. The number of hydrogen-bond donors (Lipinski definition) is 2. The average Bonchev–Trinajstić information content (AvgIpc) is 2.98. The Kier molecular flexibility index (Phi) is 5.16. The lowest BCUT2D eigenvalue weighted by atomic mass is 10.00. The number of alkyl halides is 2. The molecule has 0 aromatic carbocycles. The van der Waals surface area contributed by atoms with Crippen molar-refractivity contribution in [3.05, 3.63) is 12.7 Å². The molecule has 6 nitrogen and oxygen atoms in total. The molecule has 3 atom stereocenters. The number of nitrogens with one attached hydrogen (secondary N) is 1. The number of aliphatic hydroxyl groups is 1. The first-order chi connectivity index (χ1) is 10.3. The molecular weight excluding hydrogens is 298 g/mol. The van der Waals surface area contributed by atoms with Crippen LogP contribution >= 0.6 is 0 Å². The predicted molar refractivity (Wildman–Crippen MR) is 74.2 cm³/mol. The molecule has 2 aliphatic heterocycles. The van der Waals surface area contributed by atoms with Crippen LogP contribution in [0, 0.1) is 0 Å². The zero-order valence-electron chi connectivity index (χ0n) is 12.6. The molecule has 8 heteroatoms. The molecule has 22 heavy (non-hydrogen) atoms. The summed E-state index contributed by atoms with van der Waals surface area (Å²) in [6.45, 7) is 4.84. The van der Waals surface area contributed by atoms with E-state index in [1.807, 2.05) is 0 Å². The van der Waals surface area contributed by atoms with E-state index in [2.05, 4.69) is 11.9 Å². The highest BCUT2D eigenvalue weighted by Gasteiger charge is 2.56. The Labute approximate surface area is 128 Å². The van der Waals surface area contributed by atoms with E-state index in [0.29, 0.717) is 6.42 Å². The van der Waals surface area contributed by atoms with Crippen molar-refractivity contribution in [1.82, 2.24) is 10.4 Å². The number of fused-ring (bicyclic) bond motifs is 1. The Morgan fingerprint density at radius 2 is 2.41 bits per heavy atom. The number of hydrogen-bond acceptors (Lipinski definition) is 6. The maximum Gasteiger partial charge on any atom is 0.338 e. The van der Waals surface area contributed by atoms with Crippen molar-refractivity contribution in [3.8, 4) is 0 Å². The highest BCUT2D eigenvalue weighted by Crippen LogP contribution is 2.35. The van der Waals surface area contributed by atoms with Crippen LogP contribution in [0.1, 0.15) is 19.8 Å². The zero-order valence-corrected chi connectivity index (χ0v) is 12.6. The SMILES string of the molecule is C=CCOC(=O)C(C)(O)CCCN1OC[C@H]2NCC(F)(F)[C@H]21. The van der Waals surface area contributed by atoms with E-state index >= 15 is 0 Å². The van der Waals surface area contributed by atoms with E-state index in [-0.39, 0.29) is 38.8 Å². The summed E-state index contributed by atoms with van der Waals surface area (Å²) in [7, 11) is 0. The number of carbonyl (C=O) groups excluding carboxylic acids is 1. The van der Waals surface area contributed by atoms with Gasteiger partial charge in [0.1, 0.15) is 12.6 Å². The monoisotopic (exact) mass is 320 g/mol. The van der Waals surface area contributed by atoms with E-state index in [0.717, 1.165) is 0 Å². The molecule has 0 amide bonds. The van der Waals surface area contributed by atoms with Crippen molar-refractivity contribution in [1.29, 1.82) is 0 Å². The topological polar surface area (TPSA) is 71.0 Å². The fourth-order valence-corrected chi connectivity index (χ4v) is 2.77. The molecule has 0 spiro atoms. The van der Waals surface area contributed by atoms with Crippen LogP contribution in [0.4, 0.5) is 8.78 Å². The van der Waals surface area contributed by atoms with Crippen LogP contribution in [-0.2, 0) is 14.4 Å². The molecule has 1 unspecified atom stereocenters. The standard InChI is InChI=1S/C14H22F2N2O4/c1-3-7-21-12(19)13(2,20)5-4-6-18-11-10(8-22-18)17-9-14(11,15)16/h3,10-11,17,20H,1,4-9H2,2H3/t10-,11+,13?/m1/s1. The minimum Gasteiger partial charge on any atom is -0.459 e. The molecule has 2 aliphatic rings. The van der Waals surface area contributed by atoms with Crippen LogP contribution in [0.2, 0.25) is 0 Å². The van der Waals surface area contributed by atoms with Gasteiger partial charge < -0.3 is 15.2 Å². The summed E-state index contributed by atoms with van der Waals surface area (Å²) in [6.07, 6.45) is 1.83. The predicted octanol–water partition coefficient (Wildman–Crippen LogP) is 0.470. The first-order valence-electron chi connectivity index (χ1n) is 7.29. The van der Waals surface area contributed by atoms with Gasteiger partial charge in [0.25, 0.3) is 5.92 Å². The molecule has 2 N–H and O–H groups in total. The lowest BCUT2D eigenvalue weighted by Gasteiger charge is -2.27. The molecule has 2 heterocycles. The number of hydroxylamine groups is 2. The van der Waals surface area contributed by atoms with Gasteiger partial charge >= 0.3 is 5.97 Å². The zero-order chi connectivity index (χ0) is 16.4. The highest BCUT2D eigenvalue weighted by molar-refractivity contribution is 5.78. The van der Waals surface area contributed by atoms with Gasteiger partial charge in [0.2, 0.25) is 0 Å². The summed E-state index contributed by atoms with van der Waals surface area (Å²) in [6, 6.07) is -1.38. The number of esters is 1. The third kappa shape index (κ3) is 3.62.